The summed E-state index contributed by atoms with van der Waals surface area (Å²) in [4.78, 5) is 0. The molecule has 5 aromatic rings. The molecule has 0 fully saturated rings. The molecule has 0 N–H and O–H groups in total. The van der Waals surface area contributed by atoms with E-state index in [1.807, 2.05) is 6.07 Å². The van der Waals surface area contributed by atoms with Gasteiger partial charge in [0, 0.05) is 11.5 Å². The van der Waals surface area contributed by atoms with Crippen molar-refractivity contribution < 1.29 is 4.42 Å². The molecule has 0 saturated heterocycles. The van der Waals surface area contributed by atoms with Crippen LogP contribution in [-0.4, -0.2) is 0 Å². The van der Waals surface area contributed by atoms with E-state index < -0.39 is 0 Å². The molecule has 0 aliphatic heterocycles. The zero-order chi connectivity index (χ0) is 19.4. The summed E-state index contributed by atoms with van der Waals surface area (Å²) in [5.41, 5.74) is 6.37. The lowest BCUT2D eigenvalue weighted by molar-refractivity contribution is 0.581. The summed E-state index contributed by atoms with van der Waals surface area (Å²) in [5.74, 6) is 1.30. The Morgan fingerprint density at radius 2 is 1.55 bits per heavy atom. The van der Waals surface area contributed by atoms with E-state index in [4.69, 9.17) is 4.42 Å². The maximum absolute atomic E-state index is 5.68. The first-order chi connectivity index (χ1) is 14.3. The van der Waals surface area contributed by atoms with Crippen LogP contribution < -0.4 is 0 Å². The standard InChI is InChI=1S/C28H20O/c1-18-14-15-29-28(18)23-10-13-27-21(17-23)7-6-20-16-22(9-12-26(20)27)25-11-8-19-4-2-3-5-24(19)25/h2-17,25H,1H3. The molecule has 0 radical (unpaired) electrons. The molecule has 1 aromatic heterocycles. The Morgan fingerprint density at radius 1 is 0.759 bits per heavy atom. The topological polar surface area (TPSA) is 13.1 Å². The largest absolute Gasteiger partial charge is 0.464 e. The van der Waals surface area contributed by atoms with Gasteiger partial charge in [-0.2, -0.15) is 0 Å². The third-order valence-corrected chi connectivity index (χ3v) is 6.14. The summed E-state index contributed by atoms with van der Waals surface area (Å²) in [6.07, 6.45) is 6.31. The van der Waals surface area contributed by atoms with Crippen LogP contribution >= 0.6 is 0 Å². The number of benzene rings is 4. The second-order valence-electron chi connectivity index (χ2n) is 7.88. The smallest absolute Gasteiger partial charge is 0.136 e. The average molecular weight is 372 g/mol. The summed E-state index contributed by atoms with van der Waals surface area (Å²) in [5, 5.41) is 5.10. The quantitative estimate of drug-likeness (QED) is 0.289. The molecule has 0 spiro atoms. The molecule has 138 valence electrons. The second-order valence-corrected chi connectivity index (χ2v) is 7.88. The van der Waals surface area contributed by atoms with Gasteiger partial charge in [-0.15, -0.1) is 0 Å². The summed E-state index contributed by atoms with van der Waals surface area (Å²) in [6.45, 7) is 2.08. The summed E-state index contributed by atoms with van der Waals surface area (Å²) >= 11 is 0. The van der Waals surface area contributed by atoms with Gasteiger partial charge in [0.1, 0.15) is 5.76 Å². The Kier molecular flexibility index (Phi) is 3.51. The lowest BCUT2D eigenvalue weighted by atomic mass is 9.90. The molecule has 6 rings (SSSR count). The van der Waals surface area contributed by atoms with Gasteiger partial charge in [0.05, 0.1) is 6.26 Å². The maximum Gasteiger partial charge on any atom is 0.136 e. The number of hydrogen-bond acceptors (Lipinski definition) is 1. The van der Waals surface area contributed by atoms with Crippen molar-refractivity contribution in [1.82, 2.24) is 0 Å². The van der Waals surface area contributed by atoms with Crippen LogP contribution in [0.25, 0.3) is 38.9 Å². The molecule has 1 aliphatic rings. The van der Waals surface area contributed by atoms with E-state index in [-0.39, 0.29) is 0 Å². The number of hydrogen-bond donors (Lipinski definition) is 0. The normalized spacial score (nSPS) is 15.3. The van der Waals surface area contributed by atoms with Gasteiger partial charge in [0.25, 0.3) is 0 Å². The van der Waals surface area contributed by atoms with Crippen molar-refractivity contribution in [1.29, 1.82) is 0 Å². The van der Waals surface area contributed by atoms with Crippen molar-refractivity contribution in [2.45, 2.75) is 12.8 Å². The fourth-order valence-corrected chi connectivity index (χ4v) is 4.63. The predicted molar refractivity (Wildman–Crippen MR) is 121 cm³/mol. The summed E-state index contributed by atoms with van der Waals surface area (Å²) in [6, 6.07) is 28.7. The van der Waals surface area contributed by atoms with E-state index in [9.17, 15) is 0 Å². The molecule has 1 nitrogen and oxygen atoms in total. The van der Waals surface area contributed by atoms with Gasteiger partial charge >= 0.3 is 0 Å². The second kappa shape index (κ2) is 6.22. The predicted octanol–water partition coefficient (Wildman–Crippen LogP) is 7.72. The molecule has 1 atom stereocenters. The lowest BCUT2D eigenvalue weighted by Crippen LogP contribution is -1.95. The Hall–Kier alpha value is -3.58. The number of allylic oxidation sites excluding steroid dienone is 1. The van der Waals surface area contributed by atoms with Crippen LogP contribution in [0.5, 0.6) is 0 Å². The lowest BCUT2D eigenvalue weighted by Gasteiger charge is -2.13. The van der Waals surface area contributed by atoms with Gasteiger partial charge in [-0.3, -0.25) is 0 Å². The molecule has 4 aromatic carbocycles. The first-order valence-electron chi connectivity index (χ1n) is 10.1. The van der Waals surface area contributed by atoms with Gasteiger partial charge < -0.3 is 4.42 Å². The fraction of sp³-hybridized carbons (Fsp3) is 0.0714. The molecule has 0 bridgehead atoms. The first kappa shape index (κ1) is 16.4. The third kappa shape index (κ3) is 2.55. The van der Waals surface area contributed by atoms with Gasteiger partial charge in [0.15, 0.2) is 0 Å². The molecule has 1 unspecified atom stereocenters. The number of fused-ring (bicyclic) bond motifs is 4. The molecule has 0 saturated carbocycles. The van der Waals surface area contributed by atoms with Crippen LogP contribution in [0.1, 0.15) is 28.2 Å². The van der Waals surface area contributed by atoms with E-state index in [0.717, 1.165) is 11.3 Å². The van der Waals surface area contributed by atoms with Crippen LogP contribution in [0.3, 0.4) is 0 Å². The number of rotatable bonds is 2. The van der Waals surface area contributed by atoms with Crippen molar-refractivity contribution in [3.05, 3.63) is 113 Å². The summed E-state index contributed by atoms with van der Waals surface area (Å²) < 4.78 is 5.68. The van der Waals surface area contributed by atoms with Crippen molar-refractivity contribution in [3.63, 3.8) is 0 Å². The summed E-state index contributed by atoms with van der Waals surface area (Å²) in [7, 11) is 0. The zero-order valence-electron chi connectivity index (χ0n) is 16.2. The third-order valence-electron chi connectivity index (χ3n) is 6.14. The molecule has 0 amide bonds. The highest BCUT2D eigenvalue weighted by Crippen LogP contribution is 2.38. The molecule has 29 heavy (non-hydrogen) atoms. The Balaban J connectivity index is 1.47. The Labute approximate surface area is 169 Å². The zero-order valence-corrected chi connectivity index (χ0v) is 16.2. The molecule has 1 heterocycles. The van der Waals surface area contributed by atoms with Crippen LogP contribution in [0, 0.1) is 6.92 Å². The van der Waals surface area contributed by atoms with Crippen LogP contribution in [0.15, 0.2) is 95.6 Å². The van der Waals surface area contributed by atoms with Crippen molar-refractivity contribution in [2.24, 2.45) is 0 Å². The van der Waals surface area contributed by atoms with Gasteiger partial charge in [-0.25, -0.2) is 0 Å². The highest BCUT2D eigenvalue weighted by Gasteiger charge is 2.19. The van der Waals surface area contributed by atoms with Crippen molar-refractivity contribution in [2.75, 3.05) is 0 Å². The minimum absolute atomic E-state index is 0.343. The van der Waals surface area contributed by atoms with E-state index in [1.165, 1.54) is 43.8 Å². The minimum Gasteiger partial charge on any atom is -0.464 e. The van der Waals surface area contributed by atoms with Crippen LogP contribution in [0.2, 0.25) is 0 Å². The highest BCUT2D eigenvalue weighted by molar-refractivity contribution is 6.08. The van der Waals surface area contributed by atoms with Crippen molar-refractivity contribution in [3.8, 4) is 11.3 Å². The first-order valence-corrected chi connectivity index (χ1v) is 10.1. The molecule has 1 heteroatoms. The number of furan rings is 1. The van der Waals surface area contributed by atoms with E-state index in [0.29, 0.717) is 5.92 Å². The molecular weight excluding hydrogens is 352 g/mol. The maximum atomic E-state index is 5.68. The number of aryl methyl sites for hydroxylation is 1. The molecular formula is C28H20O. The van der Waals surface area contributed by atoms with Gasteiger partial charge in [-0.05, 0) is 62.9 Å². The SMILES string of the molecule is Cc1ccoc1-c1ccc2c(ccc3cc(C4C=Cc5ccccc54)ccc32)c1. The monoisotopic (exact) mass is 372 g/mol. The highest BCUT2D eigenvalue weighted by atomic mass is 16.3. The van der Waals surface area contributed by atoms with E-state index >= 15 is 0 Å². The van der Waals surface area contributed by atoms with E-state index in [1.54, 1.807) is 6.26 Å². The Bertz CT molecular complexity index is 1420. The molecule has 1 aliphatic carbocycles. The van der Waals surface area contributed by atoms with Crippen LogP contribution in [0.4, 0.5) is 0 Å². The minimum atomic E-state index is 0.343. The van der Waals surface area contributed by atoms with Gasteiger partial charge in [0.2, 0.25) is 0 Å². The average Bonchev–Trinajstić information content (AvgIpc) is 3.39. The van der Waals surface area contributed by atoms with Crippen molar-refractivity contribution >= 4 is 27.6 Å². The fourth-order valence-electron chi connectivity index (χ4n) is 4.63. The van der Waals surface area contributed by atoms with Gasteiger partial charge in [-0.1, -0.05) is 78.9 Å². The Morgan fingerprint density at radius 3 is 2.38 bits per heavy atom. The van der Waals surface area contributed by atoms with E-state index in [2.05, 4.69) is 91.9 Å². The van der Waals surface area contributed by atoms with Crippen LogP contribution in [-0.2, 0) is 0 Å².